The van der Waals surface area contributed by atoms with Gasteiger partial charge in [0, 0.05) is 4.90 Å². The zero-order chi connectivity index (χ0) is 15.8. The summed E-state index contributed by atoms with van der Waals surface area (Å²) >= 11 is -0.246. The van der Waals surface area contributed by atoms with E-state index < -0.39 is 23.0 Å². The van der Waals surface area contributed by atoms with Crippen molar-refractivity contribution in [2.45, 2.75) is 36.2 Å². The topological polar surface area (TPSA) is 49.4 Å². The molecule has 1 aromatic carbocycles. The van der Waals surface area contributed by atoms with E-state index in [1.807, 2.05) is 0 Å². The van der Waals surface area contributed by atoms with E-state index in [4.69, 9.17) is 0 Å². The van der Waals surface area contributed by atoms with Crippen molar-refractivity contribution < 1.29 is 22.8 Å². The van der Waals surface area contributed by atoms with Gasteiger partial charge in [-0.25, -0.2) is 9.69 Å². The van der Waals surface area contributed by atoms with Gasteiger partial charge in [0.2, 0.25) is 0 Å². The van der Waals surface area contributed by atoms with Crippen LogP contribution in [0.15, 0.2) is 29.2 Å². The minimum Gasteiger partial charge on any atom is -0.323 e. The molecule has 0 spiro atoms. The molecule has 1 aromatic rings. The van der Waals surface area contributed by atoms with Crippen LogP contribution in [0.5, 0.6) is 0 Å². The Morgan fingerprint density at radius 3 is 2.24 bits per heavy atom. The van der Waals surface area contributed by atoms with Crippen molar-refractivity contribution in [1.82, 2.24) is 5.32 Å². The highest BCUT2D eigenvalue weighted by Crippen LogP contribution is 2.37. The maximum Gasteiger partial charge on any atom is 0.446 e. The van der Waals surface area contributed by atoms with Crippen molar-refractivity contribution >= 4 is 29.4 Å². The number of rotatable bonds is 3. The number of amides is 3. The Morgan fingerprint density at radius 2 is 1.81 bits per heavy atom. The van der Waals surface area contributed by atoms with Crippen LogP contribution in [0.4, 0.5) is 23.7 Å². The van der Waals surface area contributed by atoms with Crippen molar-refractivity contribution in [2.75, 3.05) is 4.90 Å². The molecule has 1 fully saturated rings. The highest BCUT2D eigenvalue weighted by molar-refractivity contribution is 8.00. The lowest BCUT2D eigenvalue weighted by Crippen LogP contribution is -2.43. The first kappa shape index (κ1) is 15.7. The minimum absolute atomic E-state index is 0.00319. The molecule has 1 heterocycles. The zero-order valence-corrected chi connectivity index (χ0v) is 12.1. The fourth-order valence-electron chi connectivity index (χ4n) is 1.96. The molecule has 2 rings (SSSR count). The maximum absolute atomic E-state index is 12.2. The maximum atomic E-state index is 12.2. The van der Waals surface area contributed by atoms with Gasteiger partial charge in [0.05, 0.1) is 5.69 Å². The van der Waals surface area contributed by atoms with Gasteiger partial charge in [-0.15, -0.1) is 0 Å². The fourth-order valence-corrected chi connectivity index (χ4v) is 2.49. The van der Waals surface area contributed by atoms with Crippen molar-refractivity contribution in [3.63, 3.8) is 0 Å². The molecule has 8 heteroatoms. The van der Waals surface area contributed by atoms with Crippen molar-refractivity contribution in [3.05, 3.63) is 24.3 Å². The van der Waals surface area contributed by atoms with Gasteiger partial charge in [-0.1, -0.05) is 6.92 Å². The summed E-state index contributed by atoms with van der Waals surface area (Å²) in [6, 6.07) is 4.55. The molecule has 0 aliphatic carbocycles. The van der Waals surface area contributed by atoms with Crippen LogP contribution in [0.1, 0.15) is 20.3 Å². The zero-order valence-electron chi connectivity index (χ0n) is 11.3. The Bertz CT molecular complexity index is 574. The van der Waals surface area contributed by atoms with Crippen LogP contribution < -0.4 is 10.2 Å². The lowest BCUT2D eigenvalue weighted by molar-refractivity contribution is -0.121. The first-order valence-corrected chi connectivity index (χ1v) is 7.00. The molecule has 3 amide bonds. The number of hydrogen-bond donors (Lipinski definition) is 1. The van der Waals surface area contributed by atoms with E-state index in [9.17, 15) is 22.8 Å². The Morgan fingerprint density at radius 1 is 1.24 bits per heavy atom. The average Bonchev–Trinajstić information content (AvgIpc) is 2.60. The molecule has 1 atom stereocenters. The number of nitrogens with one attached hydrogen (secondary N) is 1. The normalized spacial score (nSPS) is 22.6. The molecule has 0 aromatic heterocycles. The fraction of sp³-hybridized carbons (Fsp3) is 0.385. The number of urea groups is 1. The molecule has 21 heavy (non-hydrogen) atoms. The third-order valence-electron chi connectivity index (χ3n) is 3.30. The second-order valence-corrected chi connectivity index (χ2v) is 5.94. The van der Waals surface area contributed by atoms with Gasteiger partial charge < -0.3 is 5.32 Å². The summed E-state index contributed by atoms with van der Waals surface area (Å²) < 4.78 is 36.7. The molecular formula is C13H13F3N2O2S. The van der Waals surface area contributed by atoms with Crippen LogP contribution in [0, 0.1) is 0 Å². The van der Waals surface area contributed by atoms with Crippen LogP contribution >= 0.6 is 11.8 Å². The first-order chi connectivity index (χ1) is 9.66. The van der Waals surface area contributed by atoms with Gasteiger partial charge in [0.15, 0.2) is 0 Å². The molecule has 0 bridgehead atoms. The second kappa shape index (κ2) is 5.25. The second-order valence-electron chi connectivity index (χ2n) is 4.80. The van der Waals surface area contributed by atoms with Gasteiger partial charge in [0.25, 0.3) is 5.91 Å². The lowest BCUT2D eigenvalue weighted by atomic mass is 9.99. The molecule has 1 N–H and O–H groups in total. The summed E-state index contributed by atoms with van der Waals surface area (Å²) in [5, 5.41) is 2.58. The Kier molecular flexibility index (Phi) is 3.92. The molecule has 1 unspecified atom stereocenters. The summed E-state index contributed by atoms with van der Waals surface area (Å²) in [6.45, 7) is 3.38. The van der Waals surface area contributed by atoms with E-state index in [1.165, 1.54) is 24.3 Å². The molecule has 0 saturated carbocycles. The number of alkyl halides is 3. The van der Waals surface area contributed by atoms with E-state index >= 15 is 0 Å². The first-order valence-electron chi connectivity index (χ1n) is 6.19. The average molecular weight is 318 g/mol. The molecular weight excluding hydrogens is 305 g/mol. The Hall–Kier alpha value is -1.70. The monoisotopic (exact) mass is 318 g/mol. The minimum atomic E-state index is -4.37. The van der Waals surface area contributed by atoms with Crippen molar-refractivity contribution in [1.29, 1.82) is 0 Å². The number of anilines is 1. The van der Waals surface area contributed by atoms with Crippen molar-refractivity contribution in [2.24, 2.45) is 0 Å². The van der Waals surface area contributed by atoms with Crippen LogP contribution in [0.2, 0.25) is 0 Å². The van der Waals surface area contributed by atoms with Crippen LogP contribution in [0.3, 0.4) is 0 Å². The smallest absolute Gasteiger partial charge is 0.323 e. The van der Waals surface area contributed by atoms with Crippen LogP contribution in [0.25, 0.3) is 0 Å². The van der Waals surface area contributed by atoms with Gasteiger partial charge in [0.1, 0.15) is 5.54 Å². The summed E-state index contributed by atoms with van der Waals surface area (Å²) in [5.41, 5.74) is -5.10. The van der Waals surface area contributed by atoms with E-state index in [0.29, 0.717) is 6.42 Å². The van der Waals surface area contributed by atoms with Crippen LogP contribution in [-0.4, -0.2) is 23.0 Å². The SMILES string of the molecule is CCC1(C)NC(=O)N(c2ccc(SC(F)(F)F)cc2)C1=O. The number of imide groups is 1. The van der Waals surface area contributed by atoms with E-state index in [0.717, 1.165) is 4.90 Å². The van der Waals surface area contributed by atoms with E-state index in [2.05, 4.69) is 5.32 Å². The predicted octanol–water partition coefficient (Wildman–Crippen LogP) is 3.52. The van der Waals surface area contributed by atoms with E-state index in [-0.39, 0.29) is 22.3 Å². The lowest BCUT2D eigenvalue weighted by Gasteiger charge is -2.19. The van der Waals surface area contributed by atoms with E-state index in [1.54, 1.807) is 13.8 Å². The van der Waals surface area contributed by atoms with Gasteiger partial charge in [-0.05, 0) is 49.4 Å². The number of thioether (sulfide) groups is 1. The third kappa shape index (κ3) is 3.15. The molecule has 114 valence electrons. The van der Waals surface area contributed by atoms with Gasteiger partial charge in [-0.2, -0.15) is 13.2 Å². The van der Waals surface area contributed by atoms with Gasteiger partial charge >= 0.3 is 11.5 Å². The molecule has 4 nitrogen and oxygen atoms in total. The number of nitrogens with zero attached hydrogens (tertiary/aromatic N) is 1. The highest BCUT2D eigenvalue weighted by atomic mass is 32.2. The Balaban J connectivity index is 2.23. The van der Waals surface area contributed by atoms with Crippen molar-refractivity contribution in [3.8, 4) is 0 Å². The quantitative estimate of drug-likeness (QED) is 0.685. The summed E-state index contributed by atoms with van der Waals surface area (Å²) in [7, 11) is 0. The highest BCUT2D eigenvalue weighted by Gasteiger charge is 2.47. The number of carbonyl (C=O) groups excluding carboxylic acids is 2. The predicted molar refractivity (Wildman–Crippen MR) is 73.1 cm³/mol. The summed E-state index contributed by atoms with van der Waals surface area (Å²) in [5.74, 6) is -0.411. The third-order valence-corrected chi connectivity index (χ3v) is 4.04. The molecule has 0 radical (unpaired) electrons. The number of benzene rings is 1. The molecule has 1 saturated heterocycles. The standard InChI is InChI=1S/C13H13F3N2O2S/c1-3-12(2)10(19)18(11(20)17-12)8-4-6-9(7-5-8)21-13(14,15)16/h4-7H,3H2,1-2H3,(H,17,20). The summed E-state index contributed by atoms with van der Waals surface area (Å²) in [4.78, 5) is 25.1. The van der Waals surface area contributed by atoms with Gasteiger partial charge in [-0.3, -0.25) is 4.79 Å². The van der Waals surface area contributed by atoms with Crippen LogP contribution in [-0.2, 0) is 4.79 Å². The Labute approximate surface area is 123 Å². The number of hydrogen-bond acceptors (Lipinski definition) is 3. The largest absolute Gasteiger partial charge is 0.446 e. The number of halogens is 3. The molecule has 1 aliphatic heterocycles. The number of carbonyl (C=O) groups is 2. The molecule has 1 aliphatic rings. The summed E-state index contributed by atoms with van der Waals surface area (Å²) in [6.07, 6.45) is 0.427.